The summed E-state index contributed by atoms with van der Waals surface area (Å²) < 4.78 is 5.97. The summed E-state index contributed by atoms with van der Waals surface area (Å²) in [6.07, 6.45) is 1.19. The molecule has 2 aromatic rings. The lowest BCUT2D eigenvalue weighted by Crippen LogP contribution is -2.37. The minimum atomic E-state index is -0.893. The number of rotatable bonds is 7. The highest BCUT2D eigenvalue weighted by atomic mass is 16.5. The smallest absolute Gasteiger partial charge is 0.335 e. The summed E-state index contributed by atoms with van der Waals surface area (Å²) in [7, 11) is 0. The number of nitrogens with one attached hydrogen (secondary N) is 1. The Morgan fingerprint density at radius 2 is 1.96 bits per heavy atom. The van der Waals surface area contributed by atoms with Gasteiger partial charge in [0.15, 0.2) is 0 Å². The third-order valence-electron chi connectivity index (χ3n) is 4.56. The van der Waals surface area contributed by atoms with Crippen molar-refractivity contribution < 1.29 is 14.6 Å². The molecule has 5 heteroatoms. The molecule has 2 N–H and O–H groups in total. The van der Waals surface area contributed by atoms with Gasteiger partial charge in [0.25, 0.3) is 0 Å². The molecular weight excluding hydrogens is 328 g/mol. The van der Waals surface area contributed by atoms with Gasteiger partial charge in [-0.15, -0.1) is 0 Å². The number of ether oxygens (including phenoxy) is 1. The Bertz CT molecular complexity index is 705. The third-order valence-corrected chi connectivity index (χ3v) is 4.56. The molecule has 26 heavy (non-hydrogen) atoms. The van der Waals surface area contributed by atoms with E-state index in [1.165, 1.54) is 5.56 Å². The van der Waals surface area contributed by atoms with Gasteiger partial charge in [-0.05, 0) is 29.7 Å². The van der Waals surface area contributed by atoms with Gasteiger partial charge in [0.05, 0.1) is 11.7 Å². The molecule has 1 fully saturated rings. The zero-order chi connectivity index (χ0) is 18.2. The molecule has 1 saturated heterocycles. The highest BCUT2D eigenvalue weighted by molar-refractivity contribution is 5.87. The first kappa shape index (κ1) is 18.6. The predicted octanol–water partition coefficient (Wildman–Crippen LogP) is 2.77. The number of carboxylic acids is 1. The number of hydrogen-bond acceptors (Lipinski definition) is 4. The topological polar surface area (TPSA) is 61.8 Å². The van der Waals surface area contributed by atoms with Crippen LogP contribution in [0.3, 0.4) is 0 Å². The van der Waals surface area contributed by atoms with Crippen LogP contribution in [-0.2, 0) is 17.8 Å². The summed E-state index contributed by atoms with van der Waals surface area (Å²) in [5, 5.41) is 12.5. The van der Waals surface area contributed by atoms with E-state index < -0.39 is 5.97 Å². The number of hydrogen-bond donors (Lipinski definition) is 2. The maximum Gasteiger partial charge on any atom is 0.335 e. The van der Waals surface area contributed by atoms with Crippen LogP contribution in [0, 0.1) is 0 Å². The number of carbonyl (C=O) groups is 1. The Hall–Kier alpha value is -2.21. The summed E-state index contributed by atoms with van der Waals surface area (Å²) in [6, 6.07) is 17.6. The fourth-order valence-electron chi connectivity index (χ4n) is 3.27. The molecule has 0 bridgehead atoms. The first-order chi connectivity index (χ1) is 12.7. The molecular formula is C21H26N2O3. The molecule has 0 radical (unpaired) electrons. The molecule has 138 valence electrons. The molecule has 1 heterocycles. The van der Waals surface area contributed by atoms with Gasteiger partial charge in [-0.2, -0.15) is 0 Å². The summed E-state index contributed by atoms with van der Waals surface area (Å²) >= 11 is 0. The maximum absolute atomic E-state index is 11.1. The van der Waals surface area contributed by atoms with Crippen LogP contribution in [-0.4, -0.2) is 48.3 Å². The molecule has 0 aromatic heterocycles. The molecule has 0 spiro atoms. The van der Waals surface area contributed by atoms with Crippen LogP contribution in [0.1, 0.15) is 27.9 Å². The average Bonchev–Trinajstić information content (AvgIpc) is 2.88. The van der Waals surface area contributed by atoms with Gasteiger partial charge in [0, 0.05) is 39.3 Å². The van der Waals surface area contributed by atoms with Crippen molar-refractivity contribution in [3.05, 3.63) is 71.3 Å². The predicted molar refractivity (Wildman–Crippen MR) is 101 cm³/mol. The first-order valence-electron chi connectivity index (χ1n) is 9.11. The molecule has 0 amide bonds. The van der Waals surface area contributed by atoms with E-state index in [1.54, 1.807) is 18.2 Å². The Labute approximate surface area is 154 Å². The van der Waals surface area contributed by atoms with Crippen LogP contribution < -0.4 is 5.32 Å². The van der Waals surface area contributed by atoms with Crippen molar-refractivity contribution in [3.63, 3.8) is 0 Å². The van der Waals surface area contributed by atoms with Gasteiger partial charge in [0.1, 0.15) is 0 Å². The quantitative estimate of drug-likeness (QED) is 0.801. The molecule has 3 rings (SSSR count). The fraction of sp³-hybridized carbons (Fsp3) is 0.381. The lowest BCUT2D eigenvalue weighted by molar-refractivity contribution is 0.0533. The lowest BCUT2D eigenvalue weighted by Gasteiger charge is -2.24. The van der Waals surface area contributed by atoms with Crippen molar-refractivity contribution >= 4 is 5.97 Å². The molecule has 0 aliphatic carbocycles. The van der Waals surface area contributed by atoms with Crippen LogP contribution in [0.5, 0.6) is 0 Å². The second-order valence-corrected chi connectivity index (χ2v) is 6.70. The van der Waals surface area contributed by atoms with E-state index in [0.29, 0.717) is 12.1 Å². The van der Waals surface area contributed by atoms with E-state index in [2.05, 4.69) is 34.5 Å². The standard InChI is InChI=1S/C21H26N2O3/c24-21(25)19-9-4-8-18(12-19)13-22-14-20-16-23(10-5-11-26-20)15-17-6-2-1-3-7-17/h1-4,6-9,12,20,22H,5,10-11,13-16H2,(H,24,25). The number of benzene rings is 2. The lowest BCUT2D eigenvalue weighted by atomic mass is 10.1. The van der Waals surface area contributed by atoms with Crippen molar-refractivity contribution in [3.8, 4) is 0 Å². The molecule has 1 atom stereocenters. The molecule has 2 aromatic carbocycles. The normalized spacial score (nSPS) is 18.4. The Balaban J connectivity index is 1.49. The molecule has 5 nitrogen and oxygen atoms in total. The van der Waals surface area contributed by atoms with Crippen LogP contribution in [0.4, 0.5) is 0 Å². The number of nitrogens with zero attached hydrogens (tertiary/aromatic N) is 1. The van der Waals surface area contributed by atoms with E-state index in [-0.39, 0.29) is 6.10 Å². The second kappa shape index (κ2) is 9.48. The first-order valence-corrected chi connectivity index (χ1v) is 9.11. The van der Waals surface area contributed by atoms with Gasteiger partial charge in [0.2, 0.25) is 0 Å². The largest absolute Gasteiger partial charge is 0.478 e. The van der Waals surface area contributed by atoms with E-state index in [9.17, 15) is 4.79 Å². The van der Waals surface area contributed by atoms with Gasteiger partial charge >= 0.3 is 5.97 Å². The van der Waals surface area contributed by atoms with Crippen molar-refractivity contribution in [1.29, 1.82) is 0 Å². The highest BCUT2D eigenvalue weighted by Crippen LogP contribution is 2.11. The van der Waals surface area contributed by atoms with Crippen LogP contribution in [0.25, 0.3) is 0 Å². The molecule has 1 aliphatic heterocycles. The minimum absolute atomic E-state index is 0.142. The van der Waals surface area contributed by atoms with Crippen LogP contribution in [0.15, 0.2) is 54.6 Å². The van der Waals surface area contributed by atoms with E-state index in [4.69, 9.17) is 9.84 Å². The Morgan fingerprint density at radius 3 is 2.77 bits per heavy atom. The van der Waals surface area contributed by atoms with Crippen LogP contribution in [0.2, 0.25) is 0 Å². The van der Waals surface area contributed by atoms with Gasteiger partial charge < -0.3 is 15.2 Å². The van der Waals surface area contributed by atoms with Gasteiger partial charge in [-0.1, -0.05) is 42.5 Å². The maximum atomic E-state index is 11.1. The van der Waals surface area contributed by atoms with Crippen molar-refractivity contribution in [2.75, 3.05) is 26.2 Å². The molecule has 0 saturated carbocycles. The van der Waals surface area contributed by atoms with E-state index in [0.717, 1.165) is 44.8 Å². The summed E-state index contributed by atoms with van der Waals surface area (Å²) in [5.41, 5.74) is 2.62. The van der Waals surface area contributed by atoms with E-state index in [1.807, 2.05) is 12.1 Å². The monoisotopic (exact) mass is 354 g/mol. The zero-order valence-electron chi connectivity index (χ0n) is 14.9. The van der Waals surface area contributed by atoms with Crippen LogP contribution >= 0.6 is 0 Å². The molecule has 1 unspecified atom stereocenters. The van der Waals surface area contributed by atoms with Gasteiger partial charge in [-0.25, -0.2) is 4.79 Å². The van der Waals surface area contributed by atoms with E-state index >= 15 is 0 Å². The summed E-state index contributed by atoms with van der Waals surface area (Å²) in [6.45, 7) is 5.07. The van der Waals surface area contributed by atoms with Crippen molar-refractivity contribution in [2.45, 2.75) is 25.6 Å². The van der Waals surface area contributed by atoms with Crippen molar-refractivity contribution in [2.24, 2.45) is 0 Å². The Kier molecular flexibility index (Phi) is 6.77. The van der Waals surface area contributed by atoms with Crippen molar-refractivity contribution in [1.82, 2.24) is 10.2 Å². The third kappa shape index (κ3) is 5.66. The SMILES string of the molecule is O=C(O)c1cccc(CNCC2CN(Cc3ccccc3)CCCO2)c1. The fourth-order valence-corrected chi connectivity index (χ4v) is 3.27. The number of carboxylic acid groups (broad SMARTS) is 1. The minimum Gasteiger partial charge on any atom is -0.478 e. The van der Waals surface area contributed by atoms with Gasteiger partial charge in [-0.3, -0.25) is 4.90 Å². The zero-order valence-corrected chi connectivity index (χ0v) is 14.9. The second-order valence-electron chi connectivity index (χ2n) is 6.70. The summed E-state index contributed by atoms with van der Waals surface area (Å²) in [5.74, 6) is -0.893. The average molecular weight is 354 g/mol. The Morgan fingerprint density at radius 1 is 1.15 bits per heavy atom. The number of aromatic carboxylic acids is 1. The highest BCUT2D eigenvalue weighted by Gasteiger charge is 2.18. The molecule has 1 aliphatic rings. The summed E-state index contributed by atoms with van der Waals surface area (Å²) in [4.78, 5) is 13.5.